The highest BCUT2D eigenvalue weighted by Crippen LogP contribution is 2.37. The highest BCUT2D eigenvalue weighted by atomic mass is 35.5. The largest absolute Gasteiger partial charge is 0.497 e. The third-order valence-corrected chi connectivity index (χ3v) is 7.75. The number of carbonyl (C=O) groups excluding carboxylic acids is 1. The fourth-order valence-corrected chi connectivity index (χ4v) is 5.20. The molecule has 5 rings (SSSR count). The van der Waals surface area contributed by atoms with Crippen molar-refractivity contribution in [3.63, 3.8) is 0 Å². The number of amides is 1. The summed E-state index contributed by atoms with van der Waals surface area (Å²) in [7, 11) is 5.59. The summed E-state index contributed by atoms with van der Waals surface area (Å²) in [6, 6.07) is 19.4. The van der Waals surface area contributed by atoms with Crippen molar-refractivity contribution >= 4 is 68.5 Å². The van der Waals surface area contributed by atoms with E-state index in [4.69, 9.17) is 21.3 Å². The lowest BCUT2D eigenvalue weighted by atomic mass is 10.1. The molecule has 1 aromatic heterocycles. The van der Waals surface area contributed by atoms with Crippen LogP contribution in [-0.4, -0.2) is 81.3 Å². The van der Waals surface area contributed by atoms with Gasteiger partial charge in [0.1, 0.15) is 5.75 Å². The van der Waals surface area contributed by atoms with E-state index < -0.39 is 11.3 Å². The van der Waals surface area contributed by atoms with Crippen LogP contribution in [0, 0.1) is 0 Å². The van der Waals surface area contributed by atoms with E-state index in [1.165, 1.54) is 0 Å². The zero-order valence-electron chi connectivity index (χ0n) is 22.7. The van der Waals surface area contributed by atoms with Crippen molar-refractivity contribution in [1.82, 2.24) is 19.8 Å². The molecule has 1 amide bonds. The summed E-state index contributed by atoms with van der Waals surface area (Å²) in [5, 5.41) is 6.44. The van der Waals surface area contributed by atoms with Gasteiger partial charge in [0.25, 0.3) is 11.3 Å². The number of likely N-dealkylation sites (N-methyl/N-ethyl adjacent to an activating group) is 1. The van der Waals surface area contributed by atoms with Crippen LogP contribution in [0.5, 0.6) is 5.75 Å². The van der Waals surface area contributed by atoms with E-state index in [1.54, 1.807) is 61.7 Å². The molecule has 1 fully saturated rings. The van der Waals surface area contributed by atoms with Crippen molar-refractivity contribution in [2.75, 3.05) is 55.8 Å². The third-order valence-electron chi connectivity index (χ3n) is 6.73. The number of fused-ring (bicyclic) bond motifs is 1. The maximum absolute atomic E-state index is 12.8. The van der Waals surface area contributed by atoms with Crippen molar-refractivity contribution in [2.24, 2.45) is 0 Å². The number of nitrogens with one attached hydrogen (secondary N) is 2. The Labute approximate surface area is 245 Å². The maximum atomic E-state index is 12.8. The van der Waals surface area contributed by atoms with Crippen molar-refractivity contribution in [3.8, 4) is 5.75 Å². The van der Waals surface area contributed by atoms with Crippen LogP contribution in [0.15, 0.2) is 66.7 Å². The number of ether oxygens (including phenoxy) is 1. The predicted octanol–water partition coefficient (Wildman–Crippen LogP) is 4.49. The number of para-hydroxylation sites is 2. The van der Waals surface area contributed by atoms with E-state index in [0.29, 0.717) is 44.9 Å². The lowest BCUT2D eigenvalue weighted by molar-refractivity contribution is -0.119. The van der Waals surface area contributed by atoms with Gasteiger partial charge in [0, 0.05) is 30.9 Å². The van der Waals surface area contributed by atoms with E-state index in [1.807, 2.05) is 26.2 Å². The van der Waals surface area contributed by atoms with Gasteiger partial charge in [-0.2, -0.15) is 0 Å². The Morgan fingerprint density at radius 3 is 2.51 bits per heavy atom. The van der Waals surface area contributed by atoms with E-state index in [9.17, 15) is 13.6 Å². The average Bonchev–Trinajstić information content (AvgIpc) is 2.92. The summed E-state index contributed by atoms with van der Waals surface area (Å²) in [5.74, 6) is 0.677. The van der Waals surface area contributed by atoms with Gasteiger partial charge in [0.05, 0.1) is 41.1 Å². The van der Waals surface area contributed by atoms with Crippen LogP contribution in [0.4, 0.5) is 28.7 Å². The minimum atomic E-state index is -2.55. The smallest absolute Gasteiger partial charge is 0.268 e. The summed E-state index contributed by atoms with van der Waals surface area (Å²) in [4.78, 5) is 26.3. The first kappa shape index (κ1) is 28.7. The number of likely N-dealkylation sites (tertiary alicyclic amines) is 1. The predicted molar refractivity (Wildman–Crippen MR) is 163 cm³/mol. The second kappa shape index (κ2) is 12.4. The normalized spacial score (nSPS) is 14.5. The molecule has 1 aliphatic rings. The van der Waals surface area contributed by atoms with Gasteiger partial charge in [0.15, 0.2) is 11.6 Å². The molecule has 13 heteroatoms. The lowest BCUT2D eigenvalue weighted by Gasteiger charge is -2.42. The first-order valence-corrected chi connectivity index (χ1v) is 14.2. The first-order chi connectivity index (χ1) is 19.7. The average molecular weight is 596 g/mol. The van der Waals surface area contributed by atoms with Gasteiger partial charge in [-0.3, -0.25) is 14.2 Å². The van der Waals surface area contributed by atoms with E-state index in [-0.39, 0.29) is 24.1 Å². The number of aromatic nitrogens is 2. The molecule has 214 valence electrons. The SMILES string of the molecule is COc1ccc(Cl)c(Nc2nc3ccccc3nc2N(c2cccc(NC(=O)CN3CC(N(C)C)C3)c2)S(=O)O)c1. The number of methoxy groups -OCH3 is 1. The Bertz CT molecular complexity index is 1600. The van der Waals surface area contributed by atoms with Gasteiger partial charge in [-0.1, -0.05) is 29.8 Å². The Morgan fingerprint density at radius 2 is 1.83 bits per heavy atom. The Kier molecular flexibility index (Phi) is 8.66. The minimum Gasteiger partial charge on any atom is -0.497 e. The molecular formula is C28H30ClN7O4S. The van der Waals surface area contributed by atoms with Crippen LogP contribution in [0.3, 0.4) is 0 Å². The fraction of sp³-hybridized carbons (Fsp3) is 0.250. The highest BCUT2D eigenvalue weighted by Gasteiger charge is 2.29. The monoisotopic (exact) mass is 595 g/mol. The van der Waals surface area contributed by atoms with Gasteiger partial charge in [-0.05, 0) is 56.6 Å². The van der Waals surface area contributed by atoms with Crippen molar-refractivity contribution < 1.29 is 18.3 Å². The summed E-state index contributed by atoms with van der Waals surface area (Å²) >= 11 is 3.89. The van der Waals surface area contributed by atoms with Crippen molar-refractivity contribution in [2.45, 2.75) is 6.04 Å². The number of halogens is 1. The number of hydrogen-bond acceptors (Lipinski definition) is 8. The molecule has 11 nitrogen and oxygen atoms in total. The number of anilines is 5. The molecule has 1 atom stereocenters. The minimum absolute atomic E-state index is 0.0854. The second-order valence-corrected chi connectivity index (χ2v) is 11.0. The Hall–Kier alpha value is -3.81. The van der Waals surface area contributed by atoms with Crippen LogP contribution in [-0.2, 0) is 16.1 Å². The molecule has 41 heavy (non-hydrogen) atoms. The highest BCUT2D eigenvalue weighted by molar-refractivity contribution is 7.81. The molecule has 1 saturated heterocycles. The molecule has 1 unspecified atom stereocenters. The third kappa shape index (κ3) is 6.58. The zero-order valence-corrected chi connectivity index (χ0v) is 24.3. The Morgan fingerprint density at radius 1 is 1.10 bits per heavy atom. The molecule has 0 radical (unpaired) electrons. The molecule has 4 aromatic rings. The maximum Gasteiger partial charge on any atom is 0.268 e. The standard InChI is InChI=1S/C28H30ClN7O4S/c1-34(2)20-15-35(16-20)17-26(37)30-18-7-6-8-19(13-18)36(41(38)39)28-27(31-23-9-4-5-10-24(23)33-28)32-25-14-21(40-3)11-12-22(25)29/h4-14,20H,15-17H2,1-3H3,(H,30,37)(H,31,32)(H,38,39). The van der Waals surface area contributed by atoms with E-state index >= 15 is 0 Å². The van der Waals surface area contributed by atoms with Gasteiger partial charge < -0.3 is 20.3 Å². The molecule has 1 aliphatic heterocycles. The van der Waals surface area contributed by atoms with Crippen molar-refractivity contribution in [1.29, 1.82) is 0 Å². The number of carbonyl (C=O) groups is 1. The molecular weight excluding hydrogens is 566 g/mol. The number of benzene rings is 3. The summed E-state index contributed by atoms with van der Waals surface area (Å²) in [6.45, 7) is 1.91. The lowest BCUT2D eigenvalue weighted by Crippen LogP contribution is -2.58. The quantitative estimate of drug-likeness (QED) is 0.227. The second-order valence-electron chi connectivity index (χ2n) is 9.79. The van der Waals surface area contributed by atoms with Gasteiger partial charge in [-0.15, -0.1) is 0 Å². The van der Waals surface area contributed by atoms with Crippen LogP contribution in [0.1, 0.15) is 0 Å². The number of nitrogens with zero attached hydrogens (tertiary/aromatic N) is 5. The number of hydrogen-bond donors (Lipinski definition) is 3. The molecule has 3 N–H and O–H groups in total. The summed E-state index contributed by atoms with van der Waals surface area (Å²) in [6.07, 6.45) is 0. The molecule has 0 aliphatic carbocycles. The van der Waals surface area contributed by atoms with E-state index in [0.717, 1.165) is 17.4 Å². The van der Waals surface area contributed by atoms with Crippen LogP contribution < -0.4 is 19.7 Å². The molecule has 2 heterocycles. The number of rotatable bonds is 10. The summed E-state index contributed by atoms with van der Waals surface area (Å²) < 4.78 is 29.7. The summed E-state index contributed by atoms with van der Waals surface area (Å²) in [5.41, 5.74) is 2.38. The van der Waals surface area contributed by atoms with Crippen LogP contribution >= 0.6 is 11.6 Å². The van der Waals surface area contributed by atoms with E-state index in [2.05, 4.69) is 25.4 Å². The zero-order chi connectivity index (χ0) is 29.1. The Balaban J connectivity index is 1.47. The van der Waals surface area contributed by atoms with Crippen LogP contribution in [0.25, 0.3) is 11.0 Å². The molecule has 0 spiro atoms. The topological polar surface area (TPSA) is 123 Å². The first-order valence-electron chi connectivity index (χ1n) is 12.8. The molecule has 0 bridgehead atoms. The van der Waals surface area contributed by atoms with Gasteiger partial charge in [-0.25, -0.2) is 18.5 Å². The van der Waals surface area contributed by atoms with Crippen LogP contribution in [0.2, 0.25) is 5.02 Å². The molecule has 3 aromatic carbocycles. The fourth-order valence-electron chi connectivity index (χ4n) is 4.47. The van der Waals surface area contributed by atoms with Crippen molar-refractivity contribution in [3.05, 3.63) is 71.8 Å². The molecule has 0 saturated carbocycles. The van der Waals surface area contributed by atoms with Gasteiger partial charge >= 0.3 is 0 Å². The van der Waals surface area contributed by atoms with Gasteiger partial charge in [0.2, 0.25) is 5.91 Å².